The van der Waals surface area contributed by atoms with E-state index in [9.17, 15) is 4.79 Å². The Balaban J connectivity index is 2.15. The molecule has 0 radical (unpaired) electrons. The van der Waals surface area contributed by atoms with E-state index in [2.05, 4.69) is 16.7 Å². The van der Waals surface area contributed by atoms with Gasteiger partial charge in [-0.05, 0) is 37.6 Å². The van der Waals surface area contributed by atoms with Gasteiger partial charge in [0.2, 0.25) is 5.91 Å². The maximum Gasteiger partial charge on any atom is 0.246 e. The van der Waals surface area contributed by atoms with E-state index in [0.717, 1.165) is 5.56 Å². The summed E-state index contributed by atoms with van der Waals surface area (Å²) in [5.41, 5.74) is 2.45. The van der Waals surface area contributed by atoms with Crippen molar-refractivity contribution in [2.75, 3.05) is 17.7 Å². The van der Waals surface area contributed by atoms with Gasteiger partial charge in [-0.15, -0.1) is 0 Å². The zero-order valence-electron chi connectivity index (χ0n) is 13.7. The number of halogens is 1. The highest BCUT2D eigenvalue weighted by Gasteiger charge is 2.17. The molecule has 0 aliphatic rings. The van der Waals surface area contributed by atoms with E-state index in [1.54, 1.807) is 44.4 Å². The lowest BCUT2D eigenvalue weighted by molar-refractivity contribution is -0.116. The number of hydrogen-bond acceptors (Lipinski definition) is 4. The van der Waals surface area contributed by atoms with Gasteiger partial charge in [-0.1, -0.05) is 23.7 Å². The van der Waals surface area contributed by atoms with Crippen molar-refractivity contribution in [3.05, 3.63) is 52.5 Å². The van der Waals surface area contributed by atoms with Crippen molar-refractivity contribution in [3.8, 4) is 11.8 Å². The number of aryl methyl sites for hydroxylation is 1. The number of nitriles is 1. The summed E-state index contributed by atoms with van der Waals surface area (Å²) in [5, 5.41) is 15.5. The molecule has 2 rings (SSSR count). The average molecular weight is 344 g/mol. The number of anilines is 2. The molecule has 0 fully saturated rings. The second-order valence-corrected chi connectivity index (χ2v) is 5.72. The van der Waals surface area contributed by atoms with Gasteiger partial charge in [0.25, 0.3) is 0 Å². The van der Waals surface area contributed by atoms with E-state index in [0.29, 0.717) is 27.7 Å². The van der Waals surface area contributed by atoms with Crippen molar-refractivity contribution >= 4 is 28.9 Å². The number of rotatable bonds is 5. The van der Waals surface area contributed by atoms with Crippen molar-refractivity contribution in [3.63, 3.8) is 0 Å². The summed E-state index contributed by atoms with van der Waals surface area (Å²) in [6.07, 6.45) is 0. The topological polar surface area (TPSA) is 74.2 Å². The minimum atomic E-state index is -0.536. The number of nitrogens with one attached hydrogen (secondary N) is 2. The van der Waals surface area contributed by atoms with Crippen LogP contribution in [-0.2, 0) is 4.79 Å². The third-order valence-corrected chi connectivity index (χ3v) is 3.96. The number of benzene rings is 2. The lowest BCUT2D eigenvalue weighted by Crippen LogP contribution is -2.32. The highest BCUT2D eigenvalue weighted by molar-refractivity contribution is 6.31. The SMILES string of the molecule is COc1cc(Cl)c(C)cc1NC(C)C(=O)Nc1ccccc1C#N. The number of nitrogens with zero attached hydrogens (tertiary/aromatic N) is 1. The maximum absolute atomic E-state index is 12.4. The molecule has 0 heterocycles. The van der Waals surface area contributed by atoms with Crippen LogP contribution < -0.4 is 15.4 Å². The van der Waals surface area contributed by atoms with E-state index < -0.39 is 6.04 Å². The number of hydrogen-bond donors (Lipinski definition) is 2. The normalized spacial score (nSPS) is 11.3. The monoisotopic (exact) mass is 343 g/mol. The van der Waals surface area contributed by atoms with Crippen LogP contribution in [0, 0.1) is 18.3 Å². The predicted octanol–water partition coefficient (Wildman–Crippen LogP) is 3.97. The zero-order chi connectivity index (χ0) is 17.7. The second kappa shape index (κ2) is 7.71. The molecule has 0 saturated heterocycles. The van der Waals surface area contributed by atoms with E-state index in [-0.39, 0.29) is 5.91 Å². The minimum Gasteiger partial charge on any atom is -0.495 e. The number of ether oxygens (including phenoxy) is 1. The fraction of sp³-hybridized carbons (Fsp3) is 0.222. The molecule has 2 N–H and O–H groups in total. The first kappa shape index (κ1) is 17.6. The molecule has 5 nitrogen and oxygen atoms in total. The fourth-order valence-electron chi connectivity index (χ4n) is 2.17. The predicted molar refractivity (Wildman–Crippen MR) is 95.6 cm³/mol. The Morgan fingerprint density at radius 3 is 2.67 bits per heavy atom. The van der Waals surface area contributed by atoms with Crippen LogP contribution in [0.3, 0.4) is 0 Å². The van der Waals surface area contributed by atoms with Crippen LogP contribution in [0.15, 0.2) is 36.4 Å². The molecule has 0 aromatic heterocycles. The number of para-hydroxylation sites is 1. The van der Waals surface area contributed by atoms with E-state index in [1.807, 2.05) is 13.0 Å². The third-order valence-electron chi connectivity index (χ3n) is 3.55. The van der Waals surface area contributed by atoms with Gasteiger partial charge in [0.15, 0.2) is 0 Å². The second-order valence-electron chi connectivity index (χ2n) is 5.31. The molecule has 0 saturated carbocycles. The number of carbonyl (C=O) groups is 1. The maximum atomic E-state index is 12.4. The van der Waals surface area contributed by atoms with Gasteiger partial charge in [0, 0.05) is 11.1 Å². The molecular formula is C18H18ClN3O2. The zero-order valence-corrected chi connectivity index (χ0v) is 14.4. The summed E-state index contributed by atoms with van der Waals surface area (Å²) in [7, 11) is 1.54. The Bertz CT molecular complexity index is 799. The molecule has 1 amide bonds. The van der Waals surface area contributed by atoms with Gasteiger partial charge in [0.05, 0.1) is 24.0 Å². The van der Waals surface area contributed by atoms with Crippen LogP contribution >= 0.6 is 11.6 Å². The van der Waals surface area contributed by atoms with Crippen LogP contribution in [0.5, 0.6) is 5.75 Å². The summed E-state index contributed by atoms with van der Waals surface area (Å²) < 4.78 is 5.29. The third kappa shape index (κ3) is 3.98. The van der Waals surface area contributed by atoms with E-state index in [4.69, 9.17) is 21.6 Å². The average Bonchev–Trinajstić information content (AvgIpc) is 2.58. The van der Waals surface area contributed by atoms with E-state index in [1.165, 1.54) is 0 Å². The summed E-state index contributed by atoms with van der Waals surface area (Å²) >= 11 is 6.09. The van der Waals surface area contributed by atoms with Crippen LogP contribution in [0.4, 0.5) is 11.4 Å². The van der Waals surface area contributed by atoms with E-state index >= 15 is 0 Å². The molecule has 1 unspecified atom stereocenters. The lowest BCUT2D eigenvalue weighted by atomic mass is 10.1. The van der Waals surface area contributed by atoms with Crippen molar-refractivity contribution in [2.45, 2.75) is 19.9 Å². The Hall–Kier alpha value is -2.71. The smallest absolute Gasteiger partial charge is 0.246 e. The summed E-state index contributed by atoms with van der Waals surface area (Å²) in [6, 6.07) is 11.9. The molecule has 0 spiro atoms. The first-order chi connectivity index (χ1) is 11.5. The summed E-state index contributed by atoms with van der Waals surface area (Å²) in [6.45, 7) is 3.61. The van der Waals surface area contributed by atoms with Crippen molar-refractivity contribution in [1.82, 2.24) is 0 Å². The van der Waals surface area contributed by atoms with Gasteiger partial charge < -0.3 is 15.4 Å². The van der Waals surface area contributed by atoms with Gasteiger partial charge in [-0.2, -0.15) is 5.26 Å². The molecular weight excluding hydrogens is 326 g/mol. The largest absolute Gasteiger partial charge is 0.495 e. The van der Waals surface area contributed by atoms with Crippen LogP contribution in [-0.4, -0.2) is 19.1 Å². The first-order valence-corrected chi connectivity index (χ1v) is 7.74. The van der Waals surface area contributed by atoms with Gasteiger partial charge in [0.1, 0.15) is 17.9 Å². The molecule has 0 aliphatic heterocycles. The number of carbonyl (C=O) groups excluding carboxylic acids is 1. The fourth-order valence-corrected chi connectivity index (χ4v) is 2.33. The Labute approximate surface area is 146 Å². The van der Waals surface area contributed by atoms with Gasteiger partial charge in [-0.3, -0.25) is 4.79 Å². The number of methoxy groups -OCH3 is 1. The highest BCUT2D eigenvalue weighted by Crippen LogP contribution is 2.31. The minimum absolute atomic E-state index is 0.257. The molecule has 0 aliphatic carbocycles. The molecule has 0 bridgehead atoms. The van der Waals surface area contributed by atoms with Crippen LogP contribution in [0.1, 0.15) is 18.1 Å². The Kier molecular flexibility index (Phi) is 5.67. The van der Waals surface area contributed by atoms with Crippen molar-refractivity contribution in [2.24, 2.45) is 0 Å². The first-order valence-electron chi connectivity index (χ1n) is 7.37. The quantitative estimate of drug-likeness (QED) is 0.861. The molecule has 2 aromatic rings. The summed E-state index contributed by atoms with van der Waals surface area (Å²) in [5.74, 6) is 0.301. The molecule has 6 heteroatoms. The molecule has 2 aromatic carbocycles. The van der Waals surface area contributed by atoms with Crippen LogP contribution in [0.2, 0.25) is 5.02 Å². The number of amides is 1. The van der Waals surface area contributed by atoms with Crippen molar-refractivity contribution < 1.29 is 9.53 Å². The van der Waals surface area contributed by atoms with Crippen LogP contribution in [0.25, 0.3) is 0 Å². The Morgan fingerprint density at radius 2 is 2.00 bits per heavy atom. The molecule has 124 valence electrons. The molecule has 1 atom stereocenters. The van der Waals surface area contributed by atoms with Crippen molar-refractivity contribution in [1.29, 1.82) is 5.26 Å². The highest BCUT2D eigenvalue weighted by atomic mass is 35.5. The molecule has 24 heavy (non-hydrogen) atoms. The Morgan fingerprint density at radius 1 is 1.29 bits per heavy atom. The standard InChI is InChI=1S/C18H18ClN3O2/c1-11-8-16(17(24-3)9-14(11)19)21-12(2)18(23)22-15-7-5-4-6-13(15)10-20/h4-9,12,21H,1-3H3,(H,22,23). The lowest BCUT2D eigenvalue weighted by Gasteiger charge is -2.18. The summed E-state index contributed by atoms with van der Waals surface area (Å²) in [4.78, 5) is 12.4. The van der Waals surface area contributed by atoms with Gasteiger partial charge >= 0.3 is 0 Å². The van der Waals surface area contributed by atoms with Gasteiger partial charge in [-0.25, -0.2) is 0 Å².